The Hall–Kier alpha value is -3.08. The van der Waals surface area contributed by atoms with E-state index in [2.05, 4.69) is 5.32 Å². The van der Waals surface area contributed by atoms with E-state index in [4.69, 9.17) is 9.47 Å². The van der Waals surface area contributed by atoms with E-state index in [1.54, 1.807) is 13.0 Å². The van der Waals surface area contributed by atoms with Gasteiger partial charge in [-0.1, -0.05) is 48.5 Å². The third-order valence-electron chi connectivity index (χ3n) is 3.27. The fraction of sp³-hybridized carbons (Fsp3) is 0.200. The number of carbonyl (C=O) groups excluding carboxylic acids is 2. The van der Waals surface area contributed by atoms with Crippen LogP contribution in [0.3, 0.4) is 0 Å². The van der Waals surface area contributed by atoms with Crippen LogP contribution in [0, 0.1) is 0 Å². The second-order valence-electron chi connectivity index (χ2n) is 5.19. The predicted molar refractivity (Wildman–Crippen MR) is 95.6 cm³/mol. The fourth-order valence-corrected chi connectivity index (χ4v) is 2.10. The van der Waals surface area contributed by atoms with Crippen LogP contribution in [0.25, 0.3) is 6.08 Å². The lowest BCUT2D eigenvalue weighted by Crippen LogP contribution is -2.21. The van der Waals surface area contributed by atoms with Crippen molar-refractivity contribution < 1.29 is 19.1 Å². The van der Waals surface area contributed by atoms with E-state index >= 15 is 0 Å². The van der Waals surface area contributed by atoms with Crippen molar-refractivity contribution >= 4 is 18.0 Å². The zero-order valence-corrected chi connectivity index (χ0v) is 14.1. The van der Waals surface area contributed by atoms with Crippen molar-refractivity contribution in [2.24, 2.45) is 0 Å². The molecule has 0 fully saturated rings. The number of amides is 1. The van der Waals surface area contributed by atoms with Gasteiger partial charge in [0.15, 0.2) is 0 Å². The molecular weight excluding hydrogens is 318 g/mol. The quantitative estimate of drug-likeness (QED) is 0.592. The first-order valence-corrected chi connectivity index (χ1v) is 8.06. The molecule has 0 saturated heterocycles. The summed E-state index contributed by atoms with van der Waals surface area (Å²) in [7, 11) is 0. The summed E-state index contributed by atoms with van der Waals surface area (Å²) in [6.07, 6.45) is 2.92. The van der Waals surface area contributed by atoms with E-state index in [1.807, 2.05) is 54.6 Å². The lowest BCUT2D eigenvalue weighted by molar-refractivity contribution is -0.145. The predicted octanol–water partition coefficient (Wildman–Crippen LogP) is 3.31. The highest BCUT2D eigenvalue weighted by Crippen LogP contribution is 2.20. The molecule has 0 aliphatic rings. The first-order valence-electron chi connectivity index (χ1n) is 8.06. The summed E-state index contributed by atoms with van der Waals surface area (Å²) in [6.45, 7) is 2.41. The number of hydrogen-bond acceptors (Lipinski definition) is 4. The third-order valence-corrected chi connectivity index (χ3v) is 3.27. The van der Waals surface area contributed by atoms with Crippen LogP contribution >= 0.6 is 0 Å². The van der Waals surface area contributed by atoms with E-state index in [-0.39, 0.29) is 13.0 Å². The summed E-state index contributed by atoms with van der Waals surface area (Å²) >= 11 is 0. The van der Waals surface area contributed by atoms with Crippen LogP contribution in [-0.2, 0) is 20.9 Å². The molecule has 2 rings (SSSR count). The molecule has 5 nitrogen and oxygen atoms in total. The Labute approximate surface area is 147 Å². The Morgan fingerprint density at radius 2 is 1.76 bits per heavy atom. The largest absolute Gasteiger partial charge is 0.488 e. The molecule has 0 aliphatic heterocycles. The molecule has 0 radical (unpaired) electrons. The zero-order valence-electron chi connectivity index (χ0n) is 14.1. The molecule has 0 unspecified atom stereocenters. The van der Waals surface area contributed by atoms with E-state index in [1.165, 1.54) is 6.20 Å². The smallest absolute Gasteiger partial charge is 0.315 e. The second kappa shape index (κ2) is 9.93. The van der Waals surface area contributed by atoms with Crippen molar-refractivity contribution in [3.8, 4) is 5.75 Å². The molecule has 25 heavy (non-hydrogen) atoms. The first kappa shape index (κ1) is 18.3. The number of nitrogens with one attached hydrogen (secondary N) is 1. The van der Waals surface area contributed by atoms with Crippen LogP contribution in [0.15, 0.2) is 60.8 Å². The van der Waals surface area contributed by atoms with Crippen molar-refractivity contribution in [2.75, 3.05) is 6.61 Å². The Kier molecular flexibility index (Phi) is 7.25. The minimum absolute atomic E-state index is 0.258. The maximum absolute atomic E-state index is 11.6. The van der Waals surface area contributed by atoms with Gasteiger partial charge in [-0.15, -0.1) is 0 Å². The topological polar surface area (TPSA) is 64.6 Å². The molecule has 5 heteroatoms. The number of para-hydroxylation sites is 1. The highest BCUT2D eigenvalue weighted by Gasteiger charge is 2.08. The van der Waals surface area contributed by atoms with Crippen molar-refractivity contribution in [3.63, 3.8) is 0 Å². The maximum atomic E-state index is 11.6. The molecule has 2 aromatic carbocycles. The first-order chi connectivity index (χ1) is 12.2. The number of ether oxygens (including phenoxy) is 2. The van der Waals surface area contributed by atoms with Gasteiger partial charge >= 0.3 is 5.97 Å². The summed E-state index contributed by atoms with van der Waals surface area (Å²) in [5.41, 5.74) is 1.90. The van der Waals surface area contributed by atoms with Gasteiger partial charge < -0.3 is 14.8 Å². The van der Waals surface area contributed by atoms with Gasteiger partial charge in [0.2, 0.25) is 5.91 Å². The summed E-state index contributed by atoms with van der Waals surface area (Å²) in [5.74, 6) is -0.250. The third kappa shape index (κ3) is 6.51. The fourth-order valence-electron chi connectivity index (χ4n) is 2.10. The lowest BCUT2D eigenvalue weighted by atomic mass is 10.2. The number of carbonyl (C=O) groups is 2. The normalized spacial score (nSPS) is 10.4. The Morgan fingerprint density at radius 1 is 1.04 bits per heavy atom. The SMILES string of the molecule is CCOC(=O)CC(=O)N/C=C/c1ccccc1OCc1ccccc1. The highest BCUT2D eigenvalue weighted by molar-refractivity contribution is 5.94. The van der Waals surface area contributed by atoms with Gasteiger partial charge in [0.25, 0.3) is 0 Å². The van der Waals surface area contributed by atoms with Crippen LogP contribution in [0.2, 0.25) is 0 Å². The average molecular weight is 339 g/mol. The van der Waals surface area contributed by atoms with Crippen LogP contribution in [-0.4, -0.2) is 18.5 Å². The number of benzene rings is 2. The van der Waals surface area contributed by atoms with Crippen LogP contribution in [0.1, 0.15) is 24.5 Å². The molecule has 0 saturated carbocycles. The maximum Gasteiger partial charge on any atom is 0.315 e. The van der Waals surface area contributed by atoms with Gasteiger partial charge in [-0.3, -0.25) is 9.59 Å². The number of esters is 1. The molecule has 130 valence electrons. The summed E-state index contributed by atoms with van der Waals surface area (Å²) in [6, 6.07) is 17.4. The van der Waals surface area contributed by atoms with Gasteiger partial charge in [-0.05, 0) is 24.6 Å². The van der Waals surface area contributed by atoms with E-state index < -0.39 is 11.9 Å². The molecule has 2 aromatic rings. The molecule has 0 aliphatic carbocycles. The van der Waals surface area contributed by atoms with Crippen molar-refractivity contribution in [2.45, 2.75) is 20.0 Å². The van der Waals surface area contributed by atoms with Crippen molar-refractivity contribution in [3.05, 3.63) is 71.9 Å². The van der Waals surface area contributed by atoms with Crippen molar-refractivity contribution in [1.82, 2.24) is 5.32 Å². The average Bonchev–Trinajstić information content (AvgIpc) is 2.62. The molecule has 0 aromatic heterocycles. The molecule has 0 bridgehead atoms. The zero-order chi connectivity index (χ0) is 17.9. The number of hydrogen-bond donors (Lipinski definition) is 1. The van der Waals surface area contributed by atoms with Crippen LogP contribution in [0.5, 0.6) is 5.75 Å². The Morgan fingerprint density at radius 3 is 2.52 bits per heavy atom. The van der Waals surface area contributed by atoms with E-state index in [9.17, 15) is 9.59 Å². The van der Waals surface area contributed by atoms with Crippen LogP contribution < -0.4 is 10.1 Å². The molecule has 1 N–H and O–H groups in total. The second-order valence-corrected chi connectivity index (χ2v) is 5.19. The van der Waals surface area contributed by atoms with Gasteiger partial charge in [-0.2, -0.15) is 0 Å². The monoisotopic (exact) mass is 339 g/mol. The van der Waals surface area contributed by atoms with Gasteiger partial charge in [0, 0.05) is 11.8 Å². The minimum atomic E-state index is -0.542. The number of rotatable bonds is 8. The molecule has 1 amide bonds. The van der Waals surface area contributed by atoms with Crippen molar-refractivity contribution in [1.29, 1.82) is 0 Å². The summed E-state index contributed by atoms with van der Waals surface area (Å²) < 4.78 is 10.6. The van der Waals surface area contributed by atoms with Gasteiger partial charge in [0.1, 0.15) is 18.8 Å². The Balaban J connectivity index is 1.91. The van der Waals surface area contributed by atoms with E-state index in [0.717, 1.165) is 11.1 Å². The summed E-state index contributed by atoms with van der Waals surface area (Å²) in [4.78, 5) is 22.9. The van der Waals surface area contributed by atoms with E-state index in [0.29, 0.717) is 12.4 Å². The highest BCUT2D eigenvalue weighted by atomic mass is 16.5. The van der Waals surface area contributed by atoms with Crippen LogP contribution in [0.4, 0.5) is 0 Å². The standard InChI is InChI=1S/C20H21NO4/c1-2-24-20(23)14-19(22)21-13-12-17-10-6-7-11-18(17)25-15-16-8-4-3-5-9-16/h3-13H,2,14-15H2,1H3,(H,21,22)/b13-12+. The lowest BCUT2D eigenvalue weighted by Gasteiger charge is -2.09. The molecule has 0 atom stereocenters. The summed E-state index contributed by atoms with van der Waals surface area (Å²) in [5, 5.41) is 2.55. The Bertz CT molecular complexity index is 725. The molecular formula is C20H21NO4. The van der Waals surface area contributed by atoms with Gasteiger partial charge in [0.05, 0.1) is 6.61 Å². The van der Waals surface area contributed by atoms with Gasteiger partial charge in [-0.25, -0.2) is 0 Å². The minimum Gasteiger partial charge on any atom is -0.488 e. The molecule has 0 heterocycles. The molecule has 0 spiro atoms.